The van der Waals surface area contributed by atoms with Crippen molar-refractivity contribution in [3.05, 3.63) is 48.9 Å². The third kappa shape index (κ3) is 2.47. The fraction of sp³-hybridized carbons (Fsp3) is 0.357. The Morgan fingerprint density at radius 2 is 1.83 bits per heavy atom. The minimum Gasteiger partial charge on any atom is -0.356 e. The maximum atomic E-state index is 4.40. The van der Waals surface area contributed by atoms with Crippen molar-refractivity contribution in [2.75, 3.05) is 23.4 Å². The molecule has 1 aliphatic rings. The second-order valence-electron chi connectivity index (χ2n) is 4.67. The zero-order chi connectivity index (χ0) is 12.2. The second-order valence-corrected chi connectivity index (χ2v) is 4.67. The molecule has 0 bridgehead atoms. The largest absolute Gasteiger partial charge is 0.356 e. The Morgan fingerprint density at radius 3 is 2.50 bits per heavy atom. The third-order valence-corrected chi connectivity index (χ3v) is 3.40. The highest BCUT2D eigenvalue weighted by Gasteiger charge is 2.19. The summed E-state index contributed by atoms with van der Waals surface area (Å²) in [5, 5.41) is 0. The highest BCUT2D eigenvalue weighted by molar-refractivity contribution is 5.38. The van der Waals surface area contributed by atoms with Crippen LogP contribution in [0, 0.1) is 0 Å². The summed E-state index contributed by atoms with van der Waals surface area (Å²) in [4.78, 5) is 6.76. The van der Waals surface area contributed by atoms with Gasteiger partial charge in [-0.05, 0) is 37.1 Å². The van der Waals surface area contributed by atoms with E-state index in [9.17, 15) is 0 Å². The molecule has 94 valence electrons. The van der Waals surface area contributed by atoms with Gasteiger partial charge in [0.2, 0.25) is 0 Å². The molecule has 3 rings (SSSR count). The number of rotatable bonds is 3. The summed E-state index contributed by atoms with van der Waals surface area (Å²) in [6.45, 7) is 2.13. The molecule has 18 heavy (non-hydrogen) atoms. The molecule has 0 atom stereocenters. The third-order valence-electron chi connectivity index (χ3n) is 3.40. The van der Waals surface area contributed by atoms with Crippen LogP contribution >= 0.6 is 0 Å². The monoisotopic (exact) mass is 242 g/mol. The van der Waals surface area contributed by atoms with Crippen LogP contribution < -0.4 is 10.3 Å². The summed E-state index contributed by atoms with van der Waals surface area (Å²) in [6.07, 6.45) is 8.25. The molecule has 4 nitrogen and oxygen atoms in total. The van der Waals surface area contributed by atoms with E-state index in [1.54, 1.807) is 0 Å². The highest BCUT2D eigenvalue weighted by atomic mass is 15.4. The van der Waals surface area contributed by atoms with Gasteiger partial charge in [-0.1, -0.05) is 6.07 Å². The van der Waals surface area contributed by atoms with Crippen LogP contribution in [0.3, 0.4) is 0 Å². The number of anilines is 1. The first-order valence-corrected chi connectivity index (χ1v) is 6.47. The molecular formula is C14H18N4. The predicted molar refractivity (Wildman–Crippen MR) is 73.3 cm³/mol. The average Bonchev–Trinajstić information content (AvgIpc) is 2.94. The minimum atomic E-state index is 0.553. The van der Waals surface area contributed by atoms with Crippen LogP contribution in [0.15, 0.2) is 48.9 Å². The lowest BCUT2D eigenvalue weighted by Gasteiger charge is -2.33. The molecule has 0 radical (unpaired) electrons. The van der Waals surface area contributed by atoms with E-state index in [1.807, 2.05) is 47.5 Å². The molecule has 1 fully saturated rings. The van der Waals surface area contributed by atoms with Crippen LogP contribution in [0.4, 0.5) is 5.82 Å². The summed E-state index contributed by atoms with van der Waals surface area (Å²) in [5.74, 6) is 1.09. The van der Waals surface area contributed by atoms with Gasteiger partial charge in [-0.15, -0.1) is 0 Å². The van der Waals surface area contributed by atoms with Gasteiger partial charge in [-0.25, -0.2) is 4.98 Å². The molecule has 2 aromatic heterocycles. The first kappa shape index (κ1) is 11.1. The molecule has 0 unspecified atom stereocenters. The summed E-state index contributed by atoms with van der Waals surface area (Å²) < 4.78 is 2.04. The first-order chi connectivity index (χ1) is 8.92. The van der Waals surface area contributed by atoms with E-state index in [-0.39, 0.29) is 0 Å². The van der Waals surface area contributed by atoms with E-state index in [1.165, 1.54) is 0 Å². The number of piperidine rings is 1. The fourth-order valence-corrected chi connectivity index (χ4v) is 2.41. The molecule has 2 aromatic rings. The zero-order valence-electron chi connectivity index (χ0n) is 10.4. The molecule has 0 spiro atoms. The summed E-state index contributed by atoms with van der Waals surface area (Å²) in [5.41, 5.74) is 3.50. The van der Waals surface area contributed by atoms with E-state index < -0.39 is 0 Å². The number of hydrogen-bond donors (Lipinski definition) is 1. The van der Waals surface area contributed by atoms with Crippen molar-refractivity contribution < 1.29 is 0 Å². The van der Waals surface area contributed by atoms with Crippen LogP contribution in [0.25, 0.3) is 0 Å². The lowest BCUT2D eigenvalue weighted by molar-refractivity contribution is 0.492. The number of hydrogen-bond acceptors (Lipinski definition) is 3. The molecule has 0 amide bonds. The van der Waals surface area contributed by atoms with Gasteiger partial charge in [-0.3, -0.25) is 4.68 Å². The van der Waals surface area contributed by atoms with Gasteiger partial charge >= 0.3 is 0 Å². The molecular weight excluding hydrogens is 224 g/mol. The Kier molecular flexibility index (Phi) is 3.17. The van der Waals surface area contributed by atoms with Crippen LogP contribution in [-0.4, -0.2) is 28.8 Å². The van der Waals surface area contributed by atoms with E-state index >= 15 is 0 Å². The molecule has 0 aromatic carbocycles. The number of aromatic nitrogens is 2. The van der Waals surface area contributed by atoms with Crippen LogP contribution in [0.2, 0.25) is 0 Å². The minimum absolute atomic E-state index is 0.553. The fourth-order valence-electron chi connectivity index (χ4n) is 2.41. The predicted octanol–water partition coefficient (Wildman–Crippen LogP) is 2.10. The van der Waals surface area contributed by atoms with Gasteiger partial charge < -0.3 is 10.3 Å². The number of pyridine rings is 1. The topological polar surface area (TPSA) is 33.1 Å². The van der Waals surface area contributed by atoms with E-state index in [2.05, 4.69) is 21.4 Å². The van der Waals surface area contributed by atoms with Crippen molar-refractivity contribution in [2.24, 2.45) is 0 Å². The van der Waals surface area contributed by atoms with Gasteiger partial charge in [0, 0.05) is 37.7 Å². The van der Waals surface area contributed by atoms with Crippen molar-refractivity contribution in [1.82, 2.24) is 9.66 Å². The Balaban J connectivity index is 1.55. The van der Waals surface area contributed by atoms with E-state index in [0.29, 0.717) is 6.04 Å². The lowest BCUT2D eigenvalue weighted by atomic mass is 10.1. The van der Waals surface area contributed by atoms with Crippen molar-refractivity contribution in [3.63, 3.8) is 0 Å². The van der Waals surface area contributed by atoms with Crippen molar-refractivity contribution in [1.29, 1.82) is 0 Å². The molecule has 1 saturated heterocycles. The maximum Gasteiger partial charge on any atom is 0.128 e. The van der Waals surface area contributed by atoms with Crippen molar-refractivity contribution >= 4 is 5.82 Å². The normalized spacial score (nSPS) is 16.8. The van der Waals surface area contributed by atoms with Gasteiger partial charge in [0.15, 0.2) is 0 Å². The van der Waals surface area contributed by atoms with Crippen LogP contribution in [0.5, 0.6) is 0 Å². The standard InChI is InChI=1S/C14H18N4/c1-2-8-15-14(5-1)17-11-6-13(7-12-17)16-18-9-3-4-10-18/h1-5,8-10,13,16H,6-7,11-12H2. The summed E-state index contributed by atoms with van der Waals surface area (Å²) in [6, 6.07) is 10.7. The SMILES string of the molecule is c1ccc(N2CCC(Nn3cccc3)CC2)nc1. The Bertz CT molecular complexity index is 458. The first-order valence-electron chi connectivity index (χ1n) is 6.47. The van der Waals surface area contributed by atoms with Crippen molar-refractivity contribution in [2.45, 2.75) is 18.9 Å². The van der Waals surface area contributed by atoms with E-state index in [4.69, 9.17) is 0 Å². The van der Waals surface area contributed by atoms with Crippen LogP contribution in [-0.2, 0) is 0 Å². The Hall–Kier alpha value is -1.97. The maximum absolute atomic E-state index is 4.40. The highest BCUT2D eigenvalue weighted by Crippen LogP contribution is 2.17. The summed E-state index contributed by atoms with van der Waals surface area (Å²) in [7, 11) is 0. The average molecular weight is 242 g/mol. The smallest absolute Gasteiger partial charge is 0.128 e. The molecule has 4 heteroatoms. The Labute approximate surface area is 107 Å². The van der Waals surface area contributed by atoms with Gasteiger partial charge in [-0.2, -0.15) is 0 Å². The van der Waals surface area contributed by atoms with Gasteiger partial charge in [0.25, 0.3) is 0 Å². The number of nitrogens with one attached hydrogen (secondary N) is 1. The molecule has 0 aliphatic carbocycles. The molecule has 1 N–H and O–H groups in total. The summed E-state index contributed by atoms with van der Waals surface area (Å²) >= 11 is 0. The van der Waals surface area contributed by atoms with Gasteiger partial charge in [0.05, 0.1) is 0 Å². The lowest BCUT2D eigenvalue weighted by Crippen LogP contribution is -2.41. The quantitative estimate of drug-likeness (QED) is 0.894. The van der Waals surface area contributed by atoms with Gasteiger partial charge in [0.1, 0.15) is 5.82 Å². The molecule has 1 aliphatic heterocycles. The van der Waals surface area contributed by atoms with Crippen LogP contribution in [0.1, 0.15) is 12.8 Å². The molecule has 0 saturated carbocycles. The Morgan fingerprint density at radius 1 is 1.06 bits per heavy atom. The van der Waals surface area contributed by atoms with E-state index in [0.717, 1.165) is 31.7 Å². The zero-order valence-corrected chi connectivity index (χ0v) is 10.4. The number of nitrogens with zero attached hydrogens (tertiary/aromatic N) is 3. The second kappa shape index (κ2) is 5.12. The molecule has 3 heterocycles. The van der Waals surface area contributed by atoms with Crippen molar-refractivity contribution in [3.8, 4) is 0 Å².